The van der Waals surface area contributed by atoms with Gasteiger partial charge in [0.05, 0.1) is 18.2 Å². The fourth-order valence-electron chi connectivity index (χ4n) is 2.62. The smallest absolute Gasteiger partial charge is 0.337 e. The van der Waals surface area contributed by atoms with E-state index in [4.69, 9.17) is 4.74 Å². The number of carbonyl (C=O) groups excluding carboxylic acids is 1. The molecular formula is C18H14F2O3. The zero-order valence-electron chi connectivity index (χ0n) is 12.6. The van der Waals surface area contributed by atoms with E-state index in [2.05, 4.69) is 4.74 Å². The molecule has 3 rings (SSSR count). The Hall–Kier alpha value is -2.69. The van der Waals surface area contributed by atoms with Crippen LogP contribution in [0, 0.1) is 11.6 Å². The van der Waals surface area contributed by atoms with Crippen LogP contribution in [0.3, 0.4) is 0 Å². The molecule has 0 bridgehead atoms. The van der Waals surface area contributed by atoms with E-state index in [9.17, 15) is 13.6 Å². The number of fused-ring (bicyclic) bond motifs is 1. The van der Waals surface area contributed by atoms with Crippen LogP contribution >= 0.6 is 0 Å². The second-order valence-electron chi connectivity index (χ2n) is 5.20. The number of hydrogen-bond acceptors (Lipinski definition) is 3. The number of methoxy groups -OCH3 is 1. The van der Waals surface area contributed by atoms with Crippen LogP contribution < -0.4 is 4.74 Å². The van der Waals surface area contributed by atoms with E-state index in [0.29, 0.717) is 16.9 Å². The van der Waals surface area contributed by atoms with Crippen molar-refractivity contribution in [1.82, 2.24) is 0 Å². The van der Waals surface area contributed by atoms with Gasteiger partial charge in [0.25, 0.3) is 0 Å². The van der Waals surface area contributed by atoms with Gasteiger partial charge in [0.1, 0.15) is 23.5 Å². The summed E-state index contributed by atoms with van der Waals surface area (Å²) in [6.45, 7) is 1.77. The highest BCUT2D eigenvalue weighted by Crippen LogP contribution is 2.38. The molecule has 1 heterocycles. The molecule has 1 aliphatic rings. The van der Waals surface area contributed by atoms with Gasteiger partial charge in [0, 0.05) is 5.56 Å². The van der Waals surface area contributed by atoms with E-state index in [1.54, 1.807) is 25.1 Å². The fraction of sp³-hybridized carbons (Fsp3) is 0.167. The summed E-state index contributed by atoms with van der Waals surface area (Å²) < 4.78 is 38.7. The molecule has 5 heteroatoms. The van der Waals surface area contributed by atoms with E-state index in [0.717, 1.165) is 0 Å². The molecule has 2 aromatic rings. The van der Waals surface area contributed by atoms with Crippen LogP contribution in [0.25, 0.3) is 5.57 Å². The first kappa shape index (κ1) is 15.2. The van der Waals surface area contributed by atoms with Crippen LogP contribution in [0.2, 0.25) is 0 Å². The number of ether oxygens (including phenoxy) is 2. The van der Waals surface area contributed by atoms with E-state index in [-0.39, 0.29) is 17.2 Å². The SMILES string of the molecule is COC(=O)c1ccc2c(c1)C(c1c(F)cccc1F)=CC(C)O2. The van der Waals surface area contributed by atoms with Crippen LogP contribution in [0.4, 0.5) is 8.78 Å². The normalized spacial score (nSPS) is 16.2. The highest BCUT2D eigenvalue weighted by Gasteiger charge is 2.25. The highest BCUT2D eigenvalue weighted by molar-refractivity contribution is 5.93. The third-order valence-corrected chi connectivity index (χ3v) is 3.64. The molecule has 0 saturated heterocycles. The van der Waals surface area contributed by atoms with E-state index < -0.39 is 17.6 Å². The number of halogens is 2. The second-order valence-corrected chi connectivity index (χ2v) is 5.20. The van der Waals surface area contributed by atoms with Crippen LogP contribution in [0.1, 0.15) is 28.4 Å². The number of carbonyl (C=O) groups is 1. The van der Waals surface area contributed by atoms with Gasteiger partial charge < -0.3 is 9.47 Å². The molecule has 0 aromatic heterocycles. The van der Waals surface area contributed by atoms with Crippen LogP contribution in [-0.4, -0.2) is 19.2 Å². The molecule has 0 fully saturated rings. The molecule has 3 nitrogen and oxygen atoms in total. The third-order valence-electron chi connectivity index (χ3n) is 3.64. The molecule has 2 aromatic carbocycles. The maximum absolute atomic E-state index is 14.2. The quantitative estimate of drug-likeness (QED) is 0.787. The van der Waals surface area contributed by atoms with Crippen molar-refractivity contribution in [2.45, 2.75) is 13.0 Å². The lowest BCUT2D eigenvalue weighted by Crippen LogP contribution is -2.17. The summed E-state index contributed by atoms with van der Waals surface area (Å²) in [5, 5.41) is 0. The molecule has 1 aliphatic heterocycles. The predicted octanol–water partition coefficient (Wildman–Crippen LogP) is 3.96. The average Bonchev–Trinajstić information content (AvgIpc) is 2.53. The molecule has 0 N–H and O–H groups in total. The Balaban J connectivity index is 2.21. The highest BCUT2D eigenvalue weighted by atomic mass is 19.1. The molecule has 118 valence electrons. The van der Waals surface area contributed by atoms with Crippen molar-refractivity contribution in [3.8, 4) is 5.75 Å². The van der Waals surface area contributed by atoms with Crippen molar-refractivity contribution < 1.29 is 23.0 Å². The number of rotatable bonds is 2. The standard InChI is InChI=1S/C18H14F2O3/c1-10-8-13(17-14(19)4-3-5-15(17)20)12-9-11(18(21)22-2)6-7-16(12)23-10/h3-10H,1-2H3. The summed E-state index contributed by atoms with van der Waals surface area (Å²) in [5.74, 6) is -1.40. The third kappa shape index (κ3) is 2.70. The second kappa shape index (κ2) is 5.83. The van der Waals surface area contributed by atoms with E-state index in [1.165, 1.54) is 31.4 Å². The fourth-order valence-corrected chi connectivity index (χ4v) is 2.62. The molecule has 23 heavy (non-hydrogen) atoms. The Bertz CT molecular complexity index is 792. The molecular weight excluding hydrogens is 302 g/mol. The lowest BCUT2D eigenvalue weighted by atomic mass is 9.92. The predicted molar refractivity (Wildman–Crippen MR) is 81.3 cm³/mol. The largest absolute Gasteiger partial charge is 0.486 e. The van der Waals surface area contributed by atoms with E-state index in [1.807, 2.05) is 0 Å². The van der Waals surface area contributed by atoms with Crippen molar-refractivity contribution in [2.24, 2.45) is 0 Å². The monoisotopic (exact) mass is 316 g/mol. The lowest BCUT2D eigenvalue weighted by Gasteiger charge is -2.24. The van der Waals surface area contributed by atoms with Crippen molar-refractivity contribution in [3.05, 3.63) is 70.8 Å². The first-order valence-corrected chi connectivity index (χ1v) is 7.07. The van der Waals surface area contributed by atoms with Gasteiger partial charge in [-0.15, -0.1) is 0 Å². The summed E-state index contributed by atoms with van der Waals surface area (Å²) >= 11 is 0. The zero-order valence-corrected chi connectivity index (χ0v) is 12.6. The van der Waals surface area contributed by atoms with Gasteiger partial charge in [0.15, 0.2) is 0 Å². The van der Waals surface area contributed by atoms with Crippen molar-refractivity contribution in [2.75, 3.05) is 7.11 Å². The Labute approximate surface area is 132 Å². The van der Waals surface area contributed by atoms with Gasteiger partial charge in [0.2, 0.25) is 0 Å². The first-order chi connectivity index (χ1) is 11.0. The van der Waals surface area contributed by atoms with E-state index >= 15 is 0 Å². The van der Waals surface area contributed by atoms with Crippen LogP contribution in [0.5, 0.6) is 5.75 Å². The molecule has 0 spiro atoms. The van der Waals surface area contributed by atoms with Gasteiger partial charge in [-0.1, -0.05) is 6.07 Å². The Kier molecular flexibility index (Phi) is 3.86. The summed E-state index contributed by atoms with van der Waals surface area (Å²) in [5.41, 5.74) is 0.966. The van der Waals surface area contributed by atoms with Gasteiger partial charge in [-0.05, 0) is 48.9 Å². The molecule has 0 radical (unpaired) electrons. The summed E-state index contributed by atoms with van der Waals surface area (Å²) in [6.07, 6.45) is 1.28. The Morgan fingerprint density at radius 3 is 2.52 bits per heavy atom. The Morgan fingerprint density at radius 2 is 1.87 bits per heavy atom. The number of benzene rings is 2. The first-order valence-electron chi connectivity index (χ1n) is 7.07. The summed E-state index contributed by atoms with van der Waals surface area (Å²) in [7, 11) is 1.27. The summed E-state index contributed by atoms with van der Waals surface area (Å²) in [6, 6.07) is 8.38. The minimum Gasteiger partial charge on any atom is -0.486 e. The van der Waals surface area contributed by atoms with Crippen molar-refractivity contribution >= 4 is 11.5 Å². The lowest BCUT2D eigenvalue weighted by molar-refractivity contribution is 0.0600. The molecule has 1 unspecified atom stereocenters. The van der Waals surface area contributed by atoms with Crippen molar-refractivity contribution in [1.29, 1.82) is 0 Å². The topological polar surface area (TPSA) is 35.5 Å². The molecule has 1 atom stereocenters. The Morgan fingerprint density at radius 1 is 1.17 bits per heavy atom. The molecule has 0 amide bonds. The maximum Gasteiger partial charge on any atom is 0.337 e. The summed E-state index contributed by atoms with van der Waals surface area (Å²) in [4.78, 5) is 11.7. The number of esters is 1. The van der Waals surface area contributed by atoms with Gasteiger partial charge in [-0.3, -0.25) is 0 Å². The van der Waals surface area contributed by atoms with Crippen LogP contribution in [0.15, 0.2) is 42.5 Å². The number of hydrogen-bond donors (Lipinski definition) is 0. The van der Waals surface area contributed by atoms with Crippen molar-refractivity contribution in [3.63, 3.8) is 0 Å². The average molecular weight is 316 g/mol. The van der Waals surface area contributed by atoms with Crippen LogP contribution in [-0.2, 0) is 4.74 Å². The van der Waals surface area contributed by atoms with Gasteiger partial charge in [-0.2, -0.15) is 0 Å². The minimum absolute atomic E-state index is 0.133. The minimum atomic E-state index is -0.667. The maximum atomic E-state index is 14.2. The van der Waals surface area contributed by atoms with Gasteiger partial charge >= 0.3 is 5.97 Å². The molecule has 0 aliphatic carbocycles. The zero-order chi connectivity index (χ0) is 16.6. The van der Waals surface area contributed by atoms with Gasteiger partial charge in [-0.25, -0.2) is 13.6 Å². The molecule has 0 saturated carbocycles.